The molecule has 0 saturated carbocycles. The lowest BCUT2D eigenvalue weighted by Gasteiger charge is -2.37. The van der Waals surface area contributed by atoms with Gasteiger partial charge in [-0.25, -0.2) is 0 Å². The maximum Gasteiger partial charge on any atom is 0.300 e. The molecule has 5 heteroatoms. The zero-order chi connectivity index (χ0) is 9.14. The molecular weight excluding hydrogens is 224 g/mol. The maximum absolute atomic E-state index is 11.1. The molecular formula is C7H7BrN2O2. The monoisotopic (exact) mass is 230 g/mol. The van der Waals surface area contributed by atoms with Crippen molar-refractivity contribution >= 4 is 27.7 Å². The van der Waals surface area contributed by atoms with E-state index in [1.54, 1.807) is 0 Å². The van der Waals surface area contributed by atoms with Crippen LogP contribution in [0.3, 0.4) is 0 Å². The maximum atomic E-state index is 11.1. The average Bonchev–Trinajstić information content (AvgIpc) is 1.82. The largest absolute Gasteiger partial charge is 0.368 e. The first kappa shape index (κ1) is 9.07. The average molecular weight is 231 g/mol. The third-order valence-electron chi connectivity index (χ3n) is 1.76. The Bertz CT molecular complexity index is 279. The molecule has 1 unspecified atom stereocenters. The van der Waals surface area contributed by atoms with Crippen LogP contribution >= 0.6 is 15.9 Å². The first-order valence-corrected chi connectivity index (χ1v) is 4.17. The fourth-order valence-electron chi connectivity index (χ4n) is 1.04. The molecule has 0 aromatic heterocycles. The Labute approximate surface area is 78.2 Å². The SMILES string of the molecule is NC(=O)C1CCN1C(=O)C#CBr. The number of amides is 2. The van der Waals surface area contributed by atoms with Gasteiger partial charge in [0.1, 0.15) is 6.04 Å². The number of halogens is 1. The molecule has 0 spiro atoms. The first-order chi connectivity index (χ1) is 5.66. The molecule has 2 amide bonds. The molecule has 0 bridgehead atoms. The van der Waals surface area contributed by atoms with Crippen LogP contribution in [0.2, 0.25) is 0 Å². The number of hydrogen-bond acceptors (Lipinski definition) is 2. The number of hydrogen-bond donors (Lipinski definition) is 1. The third kappa shape index (κ3) is 1.59. The number of rotatable bonds is 1. The van der Waals surface area contributed by atoms with Crippen molar-refractivity contribution in [3.8, 4) is 10.8 Å². The molecule has 0 radical (unpaired) electrons. The lowest BCUT2D eigenvalue weighted by atomic mass is 10.0. The van der Waals surface area contributed by atoms with Crippen LogP contribution in [-0.2, 0) is 9.59 Å². The molecule has 1 saturated heterocycles. The highest BCUT2D eigenvalue weighted by Gasteiger charge is 2.35. The van der Waals surface area contributed by atoms with Gasteiger partial charge in [0.2, 0.25) is 5.91 Å². The molecule has 1 heterocycles. The van der Waals surface area contributed by atoms with E-state index < -0.39 is 11.9 Å². The van der Waals surface area contributed by atoms with Gasteiger partial charge in [-0.3, -0.25) is 9.59 Å². The Hall–Kier alpha value is -1.02. The van der Waals surface area contributed by atoms with Gasteiger partial charge in [-0.2, -0.15) is 0 Å². The zero-order valence-electron chi connectivity index (χ0n) is 6.21. The normalized spacial score (nSPS) is 20.4. The number of nitrogens with two attached hydrogens (primary N) is 1. The van der Waals surface area contributed by atoms with Crippen LogP contribution in [0.15, 0.2) is 0 Å². The fourth-order valence-corrected chi connectivity index (χ4v) is 1.21. The molecule has 1 atom stereocenters. The van der Waals surface area contributed by atoms with Crippen molar-refractivity contribution in [2.75, 3.05) is 6.54 Å². The summed E-state index contributed by atoms with van der Waals surface area (Å²) in [4.78, 5) is 25.4. The summed E-state index contributed by atoms with van der Waals surface area (Å²) in [7, 11) is 0. The van der Waals surface area contributed by atoms with Gasteiger partial charge in [-0.15, -0.1) is 0 Å². The molecule has 4 nitrogen and oxygen atoms in total. The molecule has 1 aliphatic rings. The molecule has 1 rings (SSSR count). The van der Waals surface area contributed by atoms with Crippen molar-refractivity contribution in [1.82, 2.24) is 4.90 Å². The summed E-state index contributed by atoms with van der Waals surface area (Å²) >= 11 is 2.80. The summed E-state index contributed by atoms with van der Waals surface area (Å²) in [6.07, 6.45) is 0.644. The second-order valence-electron chi connectivity index (χ2n) is 2.42. The van der Waals surface area contributed by atoms with Crippen molar-refractivity contribution in [2.45, 2.75) is 12.5 Å². The van der Waals surface area contributed by atoms with E-state index in [4.69, 9.17) is 5.73 Å². The Morgan fingerprint density at radius 1 is 1.58 bits per heavy atom. The minimum absolute atomic E-state index is 0.359. The second-order valence-corrected chi connectivity index (χ2v) is 2.82. The van der Waals surface area contributed by atoms with Gasteiger partial charge in [-0.1, -0.05) is 0 Å². The van der Waals surface area contributed by atoms with Crippen molar-refractivity contribution in [3.05, 3.63) is 0 Å². The van der Waals surface area contributed by atoms with E-state index in [2.05, 4.69) is 26.7 Å². The third-order valence-corrected chi connectivity index (χ3v) is 1.96. The molecule has 64 valence electrons. The molecule has 2 N–H and O–H groups in total. The summed E-state index contributed by atoms with van der Waals surface area (Å²) in [5.74, 6) is 1.45. The van der Waals surface area contributed by atoms with Gasteiger partial charge in [0, 0.05) is 28.4 Å². The van der Waals surface area contributed by atoms with E-state index in [-0.39, 0.29) is 5.91 Å². The lowest BCUT2D eigenvalue weighted by molar-refractivity contribution is -0.141. The zero-order valence-corrected chi connectivity index (χ0v) is 7.80. The highest BCUT2D eigenvalue weighted by molar-refractivity contribution is 9.12. The van der Waals surface area contributed by atoms with Crippen LogP contribution < -0.4 is 5.73 Å². The Morgan fingerprint density at radius 2 is 2.25 bits per heavy atom. The van der Waals surface area contributed by atoms with Gasteiger partial charge in [0.25, 0.3) is 5.91 Å². The summed E-state index contributed by atoms with van der Waals surface area (Å²) in [5.41, 5.74) is 5.03. The van der Waals surface area contributed by atoms with E-state index >= 15 is 0 Å². The molecule has 0 aromatic rings. The number of likely N-dealkylation sites (tertiary alicyclic amines) is 1. The highest BCUT2D eigenvalue weighted by atomic mass is 79.9. The van der Waals surface area contributed by atoms with E-state index in [1.165, 1.54) is 4.90 Å². The van der Waals surface area contributed by atoms with Gasteiger partial charge in [0.05, 0.1) is 0 Å². The Kier molecular flexibility index (Phi) is 2.71. The van der Waals surface area contributed by atoms with Gasteiger partial charge < -0.3 is 10.6 Å². The minimum Gasteiger partial charge on any atom is -0.368 e. The smallest absolute Gasteiger partial charge is 0.300 e. The fraction of sp³-hybridized carbons (Fsp3) is 0.429. The van der Waals surface area contributed by atoms with Crippen molar-refractivity contribution < 1.29 is 9.59 Å². The van der Waals surface area contributed by atoms with E-state index in [0.29, 0.717) is 13.0 Å². The second kappa shape index (κ2) is 3.59. The van der Waals surface area contributed by atoms with Crippen molar-refractivity contribution in [1.29, 1.82) is 0 Å². The quantitative estimate of drug-likeness (QED) is 0.614. The summed E-state index contributed by atoms with van der Waals surface area (Å²) in [6, 6.07) is -0.453. The van der Waals surface area contributed by atoms with Gasteiger partial charge >= 0.3 is 0 Å². The molecule has 0 aromatic carbocycles. The molecule has 12 heavy (non-hydrogen) atoms. The van der Waals surface area contributed by atoms with Crippen molar-refractivity contribution in [2.24, 2.45) is 5.73 Å². The Balaban J connectivity index is 2.58. The van der Waals surface area contributed by atoms with Crippen molar-refractivity contribution in [3.63, 3.8) is 0 Å². The van der Waals surface area contributed by atoms with Gasteiger partial charge in [0.15, 0.2) is 0 Å². The first-order valence-electron chi connectivity index (χ1n) is 3.38. The minimum atomic E-state index is -0.467. The van der Waals surface area contributed by atoms with Gasteiger partial charge in [-0.05, 0) is 11.3 Å². The van der Waals surface area contributed by atoms with E-state index in [1.807, 2.05) is 0 Å². The lowest BCUT2D eigenvalue weighted by Crippen LogP contribution is -2.56. The van der Waals surface area contributed by atoms with Crippen LogP contribution in [0, 0.1) is 10.8 Å². The van der Waals surface area contributed by atoms with Crippen LogP contribution in [0.25, 0.3) is 0 Å². The standard InChI is InChI=1S/C7H7BrN2O2/c8-3-1-6(11)10-4-2-5(10)7(9)12/h5H,2,4H2,(H2,9,12). The highest BCUT2D eigenvalue weighted by Crippen LogP contribution is 2.16. The molecule has 1 aliphatic heterocycles. The van der Waals surface area contributed by atoms with Crippen LogP contribution in [0.4, 0.5) is 0 Å². The summed E-state index contributed by atoms with van der Waals surface area (Å²) < 4.78 is 0. The van der Waals surface area contributed by atoms with Crippen LogP contribution in [-0.4, -0.2) is 29.3 Å². The predicted octanol–water partition coefficient (Wildman–Crippen LogP) is -0.572. The number of primary amides is 1. The van der Waals surface area contributed by atoms with E-state index in [0.717, 1.165) is 0 Å². The molecule has 0 aliphatic carbocycles. The molecule has 1 fully saturated rings. The number of carbonyl (C=O) groups is 2. The summed E-state index contributed by atoms with van der Waals surface area (Å²) in [5, 5.41) is 0. The van der Waals surface area contributed by atoms with Crippen LogP contribution in [0.1, 0.15) is 6.42 Å². The van der Waals surface area contributed by atoms with Crippen LogP contribution in [0.5, 0.6) is 0 Å². The Morgan fingerprint density at radius 3 is 2.58 bits per heavy atom. The van der Waals surface area contributed by atoms with E-state index in [9.17, 15) is 9.59 Å². The topological polar surface area (TPSA) is 63.4 Å². The predicted molar refractivity (Wildman–Crippen MR) is 46.0 cm³/mol. The summed E-state index contributed by atoms with van der Waals surface area (Å²) in [6.45, 7) is 0.564. The number of carbonyl (C=O) groups excluding carboxylic acids is 2. The number of nitrogens with zero attached hydrogens (tertiary/aromatic N) is 1.